The summed E-state index contributed by atoms with van der Waals surface area (Å²) < 4.78 is 11.6. The fourth-order valence-electron chi connectivity index (χ4n) is 4.23. The summed E-state index contributed by atoms with van der Waals surface area (Å²) in [5, 5.41) is 3.47. The molecule has 3 rings (SSSR count). The molecule has 1 N–H and O–H groups in total. The molecule has 0 spiro atoms. The predicted molar refractivity (Wildman–Crippen MR) is 115 cm³/mol. The molecule has 0 aromatic heterocycles. The number of nitrogens with zero attached hydrogens (tertiary/aromatic N) is 2. The molecule has 2 fully saturated rings. The van der Waals surface area contributed by atoms with E-state index in [1.54, 1.807) is 0 Å². The highest BCUT2D eigenvalue weighted by Gasteiger charge is 2.27. The quantitative estimate of drug-likeness (QED) is 0.570. The Bertz CT molecular complexity index is 587. The average Bonchev–Trinajstić information content (AvgIpc) is 2.76. The molecule has 1 aromatic rings. The van der Waals surface area contributed by atoms with Gasteiger partial charge in [-0.3, -0.25) is 4.99 Å². The molecule has 0 radical (unpaired) electrons. The summed E-state index contributed by atoms with van der Waals surface area (Å²) in [6.07, 6.45) is 6.06. The minimum atomic E-state index is 0.161. The minimum Gasteiger partial charge on any atom is -0.381 e. The van der Waals surface area contributed by atoms with Gasteiger partial charge in [0.2, 0.25) is 0 Å². The molecule has 0 saturated carbocycles. The van der Waals surface area contributed by atoms with E-state index >= 15 is 0 Å². The van der Waals surface area contributed by atoms with Gasteiger partial charge >= 0.3 is 0 Å². The second kappa shape index (κ2) is 11.4. The number of hydrogen-bond acceptors (Lipinski definition) is 3. The van der Waals surface area contributed by atoms with Crippen molar-refractivity contribution >= 4 is 5.96 Å². The predicted octanol–water partition coefficient (Wildman–Crippen LogP) is 3.87. The van der Waals surface area contributed by atoms with Crippen molar-refractivity contribution < 1.29 is 9.47 Å². The largest absolute Gasteiger partial charge is 0.381 e. The fraction of sp³-hybridized carbons (Fsp3) is 0.696. The van der Waals surface area contributed by atoms with Crippen LogP contribution in [0.4, 0.5) is 0 Å². The highest BCUT2D eigenvalue weighted by atomic mass is 16.5. The van der Waals surface area contributed by atoms with E-state index in [-0.39, 0.29) is 6.10 Å². The Hall–Kier alpha value is -1.59. The maximum absolute atomic E-state index is 6.14. The van der Waals surface area contributed by atoms with Crippen molar-refractivity contribution in [2.75, 3.05) is 46.5 Å². The summed E-state index contributed by atoms with van der Waals surface area (Å²) in [6, 6.07) is 10.6. The molecule has 2 heterocycles. The lowest BCUT2D eigenvalue weighted by atomic mass is 9.89. The molecule has 2 saturated heterocycles. The monoisotopic (exact) mass is 387 g/mol. The van der Waals surface area contributed by atoms with Gasteiger partial charge in [0.15, 0.2) is 5.96 Å². The van der Waals surface area contributed by atoms with Crippen LogP contribution < -0.4 is 5.32 Å². The van der Waals surface area contributed by atoms with Crippen molar-refractivity contribution in [2.24, 2.45) is 16.8 Å². The molecule has 1 aromatic carbocycles. The van der Waals surface area contributed by atoms with Gasteiger partial charge in [-0.05, 0) is 50.5 Å². The summed E-state index contributed by atoms with van der Waals surface area (Å²) in [5.41, 5.74) is 1.28. The third kappa shape index (κ3) is 6.21. The van der Waals surface area contributed by atoms with E-state index < -0.39 is 0 Å². The molecular formula is C23H37N3O2. The Balaban J connectivity index is 1.58. The smallest absolute Gasteiger partial charge is 0.193 e. The van der Waals surface area contributed by atoms with Crippen LogP contribution in [0.2, 0.25) is 0 Å². The summed E-state index contributed by atoms with van der Waals surface area (Å²) in [6.45, 7) is 7.58. The van der Waals surface area contributed by atoms with Crippen molar-refractivity contribution in [3.63, 3.8) is 0 Å². The Labute approximate surface area is 170 Å². The number of hydrogen-bond donors (Lipinski definition) is 1. The maximum Gasteiger partial charge on any atom is 0.193 e. The van der Waals surface area contributed by atoms with Crippen LogP contribution in [0.15, 0.2) is 35.3 Å². The number of aliphatic imine (C=N–C) groups is 1. The number of guanidine groups is 1. The van der Waals surface area contributed by atoms with Crippen LogP contribution in [-0.4, -0.2) is 57.4 Å². The van der Waals surface area contributed by atoms with Gasteiger partial charge in [0.25, 0.3) is 0 Å². The molecule has 0 aliphatic carbocycles. The van der Waals surface area contributed by atoms with Crippen LogP contribution in [0.5, 0.6) is 0 Å². The highest BCUT2D eigenvalue weighted by Crippen LogP contribution is 2.33. The molecule has 5 heteroatoms. The molecule has 28 heavy (non-hydrogen) atoms. The number of nitrogens with one attached hydrogen (secondary N) is 1. The Morgan fingerprint density at radius 2 is 1.93 bits per heavy atom. The molecule has 2 aliphatic heterocycles. The molecule has 2 unspecified atom stereocenters. The molecule has 0 amide bonds. The van der Waals surface area contributed by atoms with E-state index in [0.29, 0.717) is 5.92 Å². The summed E-state index contributed by atoms with van der Waals surface area (Å²) >= 11 is 0. The first-order valence-electron chi connectivity index (χ1n) is 11.0. The lowest BCUT2D eigenvalue weighted by Gasteiger charge is -2.32. The second-order valence-electron chi connectivity index (χ2n) is 8.06. The minimum absolute atomic E-state index is 0.161. The van der Waals surface area contributed by atoms with Crippen LogP contribution in [0.3, 0.4) is 0 Å². The summed E-state index contributed by atoms with van der Waals surface area (Å²) in [7, 11) is 2.16. The van der Waals surface area contributed by atoms with E-state index in [2.05, 4.69) is 54.5 Å². The van der Waals surface area contributed by atoms with E-state index in [1.807, 2.05) is 0 Å². The zero-order valence-corrected chi connectivity index (χ0v) is 17.6. The Morgan fingerprint density at radius 3 is 2.68 bits per heavy atom. The van der Waals surface area contributed by atoms with Gasteiger partial charge < -0.3 is 19.7 Å². The van der Waals surface area contributed by atoms with Crippen LogP contribution >= 0.6 is 0 Å². The average molecular weight is 388 g/mol. The molecule has 2 aliphatic rings. The zero-order chi connectivity index (χ0) is 19.6. The van der Waals surface area contributed by atoms with Crippen molar-refractivity contribution in [1.82, 2.24) is 10.2 Å². The fourth-order valence-corrected chi connectivity index (χ4v) is 4.23. The van der Waals surface area contributed by atoms with Gasteiger partial charge in [-0.2, -0.15) is 0 Å². The highest BCUT2D eigenvalue weighted by molar-refractivity contribution is 5.79. The van der Waals surface area contributed by atoms with Crippen molar-refractivity contribution in [3.05, 3.63) is 35.9 Å². The number of rotatable bonds is 7. The number of benzene rings is 1. The Kier molecular flexibility index (Phi) is 8.62. The standard InChI is InChI=1S/C23H37N3O2/c1-3-24-23(26(2)14-11-19-12-16-27-17-13-19)25-18-21-10-7-15-28-22(21)20-8-5-4-6-9-20/h4-6,8-9,19,21-22H,3,7,10-18H2,1-2H3,(H,24,25). The van der Waals surface area contributed by atoms with Gasteiger partial charge in [-0.15, -0.1) is 0 Å². The zero-order valence-electron chi connectivity index (χ0n) is 17.6. The Morgan fingerprint density at radius 1 is 1.14 bits per heavy atom. The van der Waals surface area contributed by atoms with Crippen molar-refractivity contribution in [1.29, 1.82) is 0 Å². The van der Waals surface area contributed by atoms with Gasteiger partial charge in [0.05, 0.1) is 6.10 Å². The van der Waals surface area contributed by atoms with Crippen molar-refractivity contribution in [3.8, 4) is 0 Å². The van der Waals surface area contributed by atoms with E-state index in [4.69, 9.17) is 14.5 Å². The maximum atomic E-state index is 6.14. The normalized spacial score (nSPS) is 24.1. The van der Waals surface area contributed by atoms with Gasteiger partial charge in [-0.1, -0.05) is 30.3 Å². The second-order valence-corrected chi connectivity index (χ2v) is 8.06. The van der Waals surface area contributed by atoms with E-state index in [1.165, 1.54) is 31.2 Å². The van der Waals surface area contributed by atoms with Crippen LogP contribution in [0, 0.1) is 11.8 Å². The van der Waals surface area contributed by atoms with E-state index in [0.717, 1.165) is 57.8 Å². The molecule has 5 nitrogen and oxygen atoms in total. The van der Waals surface area contributed by atoms with Crippen LogP contribution in [-0.2, 0) is 9.47 Å². The first-order valence-corrected chi connectivity index (χ1v) is 11.0. The van der Waals surface area contributed by atoms with Crippen LogP contribution in [0.25, 0.3) is 0 Å². The first-order chi connectivity index (χ1) is 13.8. The lowest BCUT2D eigenvalue weighted by Crippen LogP contribution is -2.40. The molecule has 0 bridgehead atoms. The topological polar surface area (TPSA) is 46.1 Å². The van der Waals surface area contributed by atoms with Gasteiger partial charge in [0, 0.05) is 52.4 Å². The first kappa shape index (κ1) is 21.1. The third-order valence-corrected chi connectivity index (χ3v) is 5.96. The third-order valence-electron chi connectivity index (χ3n) is 5.96. The SMILES string of the molecule is CCNC(=NCC1CCCOC1c1ccccc1)N(C)CCC1CCOCC1. The van der Waals surface area contributed by atoms with Gasteiger partial charge in [-0.25, -0.2) is 0 Å². The molecular weight excluding hydrogens is 350 g/mol. The van der Waals surface area contributed by atoms with Crippen molar-refractivity contribution in [2.45, 2.75) is 45.1 Å². The van der Waals surface area contributed by atoms with Crippen LogP contribution in [0.1, 0.15) is 50.7 Å². The van der Waals surface area contributed by atoms with E-state index in [9.17, 15) is 0 Å². The molecule has 2 atom stereocenters. The molecule has 156 valence electrons. The summed E-state index contributed by atoms with van der Waals surface area (Å²) in [4.78, 5) is 7.30. The summed E-state index contributed by atoms with van der Waals surface area (Å²) in [5.74, 6) is 2.24. The van der Waals surface area contributed by atoms with Gasteiger partial charge in [0.1, 0.15) is 0 Å². The number of ether oxygens (including phenoxy) is 2. The lowest BCUT2D eigenvalue weighted by molar-refractivity contribution is -0.0250.